The number of carboxylic acids is 1. The molecule has 3 aromatic rings. The maximum absolute atomic E-state index is 11.1. The predicted octanol–water partition coefficient (Wildman–Crippen LogP) is 4.77. The number of phenols is 1. The highest BCUT2D eigenvalue weighted by Gasteiger charge is 2.20. The molecule has 1 fully saturated rings. The molecule has 0 amide bonds. The van der Waals surface area contributed by atoms with E-state index in [-0.39, 0.29) is 0 Å². The number of piperidine rings is 1. The fourth-order valence-electron chi connectivity index (χ4n) is 4.45. The molecule has 0 atom stereocenters. The van der Waals surface area contributed by atoms with Gasteiger partial charge in [0, 0.05) is 17.1 Å². The quantitative estimate of drug-likeness (QED) is 0.506. The summed E-state index contributed by atoms with van der Waals surface area (Å²) < 4.78 is 0. The Morgan fingerprint density at radius 2 is 1.93 bits per heavy atom. The average Bonchev–Trinajstić information content (AvgIpc) is 3.14. The van der Waals surface area contributed by atoms with Gasteiger partial charge < -0.3 is 20.1 Å². The second-order valence-corrected chi connectivity index (χ2v) is 8.05. The van der Waals surface area contributed by atoms with Crippen molar-refractivity contribution in [1.29, 1.82) is 0 Å². The van der Waals surface area contributed by atoms with Gasteiger partial charge in [0.05, 0.1) is 5.56 Å². The molecule has 1 aromatic heterocycles. The first kappa shape index (κ1) is 19.5. The van der Waals surface area contributed by atoms with Crippen LogP contribution in [0.5, 0.6) is 5.75 Å². The minimum absolute atomic E-state index is 0.319. The molecule has 1 aliphatic heterocycles. The summed E-state index contributed by atoms with van der Waals surface area (Å²) in [6.07, 6.45) is 7.61. The van der Waals surface area contributed by atoms with Crippen LogP contribution in [0.15, 0.2) is 48.7 Å². The summed E-state index contributed by atoms with van der Waals surface area (Å²) in [6.45, 7) is 3.36. The number of aryl methyl sites for hydroxylation is 1. The summed E-state index contributed by atoms with van der Waals surface area (Å²) in [5, 5.41) is 19.9. The molecule has 1 saturated heterocycles. The van der Waals surface area contributed by atoms with E-state index in [4.69, 9.17) is 5.11 Å². The van der Waals surface area contributed by atoms with Crippen molar-refractivity contribution in [2.75, 3.05) is 19.6 Å². The van der Waals surface area contributed by atoms with E-state index < -0.39 is 5.97 Å². The van der Waals surface area contributed by atoms with Crippen molar-refractivity contribution in [1.82, 2.24) is 9.88 Å². The van der Waals surface area contributed by atoms with Crippen molar-refractivity contribution in [3.63, 3.8) is 0 Å². The third-order valence-electron chi connectivity index (χ3n) is 6.11. The molecule has 0 spiro atoms. The summed E-state index contributed by atoms with van der Waals surface area (Å²) in [4.78, 5) is 16.9. The Morgan fingerprint density at radius 1 is 1.10 bits per heavy atom. The molecule has 2 aromatic carbocycles. The minimum atomic E-state index is -0.893. The summed E-state index contributed by atoms with van der Waals surface area (Å²) in [5.41, 5.74) is 3.74. The number of fused-ring (bicyclic) bond motifs is 1. The van der Waals surface area contributed by atoms with Crippen molar-refractivity contribution < 1.29 is 15.0 Å². The van der Waals surface area contributed by atoms with E-state index in [1.165, 1.54) is 11.1 Å². The number of nitrogens with one attached hydrogen (secondary N) is 1. The highest BCUT2D eigenvalue weighted by atomic mass is 16.4. The number of aromatic nitrogens is 1. The number of likely N-dealkylation sites (tertiary alicyclic amines) is 1. The van der Waals surface area contributed by atoms with E-state index in [2.05, 4.69) is 16.0 Å². The number of benzene rings is 2. The van der Waals surface area contributed by atoms with Crippen LogP contribution < -0.4 is 0 Å². The first-order valence-corrected chi connectivity index (χ1v) is 10.4. The van der Waals surface area contributed by atoms with Crippen LogP contribution in [0.4, 0.5) is 0 Å². The van der Waals surface area contributed by atoms with Crippen LogP contribution in [-0.4, -0.2) is 45.7 Å². The molecule has 2 heterocycles. The third kappa shape index (κ3) is 4.62. The highest BCUT2D eigenvalue weighted by Crippen LogP contribution is 2.30. The number of nitrogens with zero attached hydrogens (tertiary/aromatic N) is 1. The Morgan fingerprint density at radius 3 is 2.69 bits per heavy atom. The molecule has 0 radical (unpaired) electrons. The zero-order valence-electron chi connectivity index (χ0n) is 16.6. The third-order valence-corrected chi connectivity index (χ3v) is 6.11. The smallest absolute Gasteiger partial charge is 0.335 e. The van der Waals surface area contributed by atoms with Crippen LogP contribution >= 0.6 is 0 Å². The summed E-state index contributed by atoms with van der Waals surface area (Å²) >= 11 is 0. The van der Waals surface area contributed by atoms with E-state index in [1.807, 2.05) is 24.4 Å². The van der Waals surface area contributed by atoms with Gasteiger partial charge in [0.15, 0.2) is 0 Å². The zero-order valence-corrected chi connectivity index (χ0v) is 16.6. The lowest BCUT2D eigenvalue weighted by atomic mass is 9.89. The van der Waals surface area contributed by atoms with Crippen LogP contribution in [-0.2, 0) is 6.42 Å². The van der Waals surface area contributed by atoms with Gasteiger partial charge in [0.2, 0.25) is 0 Å². The molecule has 0 bridgehead atoms. The van der Waals surface area contributed by atoms with E-state index in [0.717, 1.165) is 62.6 Å². The first-order valence-electron chi connectivity index (χ1n) is 10.4. The number of aromatic hydroxyl groups is 1. The van der Waals surface area contributed by atoms with E-state index in [1.54, 1.807) is 18.2 Å². The number of hydrogen-bond acceptors (Lipinski definition) is 3. The first-order chi connectivity index (χ1) is 14.1. The number of H-pyrrole nitrogens is 1. The molecule has 5 nitrogen and oxygen atoms in total. The van der Waals surface area contributed by atoms with Gasteiger partial charge in [-0.05, 0) is 93.0 Å². The maximum atomic E-state index is 11.1. The number of hydrogen-bond donors (Lipinski definition) is 3. The van der Waals surface area contributed by atoms with Gasteiger partial charge in [0.1, 0.15) is 5.75 Å². The van der Waals surface area contributed by atoms with Gasteiger partial charge in [-0.1, -0.05) is 18.2 Å². The largest absolute Gasteiger partial charge is 0.508 e. The van der Waals surface area contributed by atoms with Crippen molar-refractivity contribution in [3.8, 4) is 5.75 Å². The number of rotatable bonds is 7. The Labute approximate surface area is 171 Å². The molecular formula is C24H28N2O3. The van der Waals surface area contributed by atoms with Crippen LogP contribution in [0.2, 0.25) is 0 Å². The van der Waals surface area contributed by atoms with Gasteiger partial charge in [-0.2, -0.15) is 0 Å². The Bertz CT molecular complexity index is 987. The van der Waals surface area contributed by atoms with Gasteiger partial charge in [-0.25, -0.2) is 4.79 Å². The number of aromatic amines is 1. The number of phenolic OH excluding ortho intramolecular Hbond substituents is 1. The Hall–Kier alpha value is -2.79. The molecule has 29 heavy (non-hydrogen) atoms. The van der Waals surface area contributed by atoms with Crippen LogP contribution in [0, 0.1) is 0 Å². The fraction of sp³-hybridized carbons (Fsp3) is 0.375. The molecule has 3 N–H and O–H groups in total. The topological polar surface area (TPSA) is 76.6 Å². The predicted molar refractivity (Wildman–Crippen MR) is 115 cm³/mol. The van der Waals surface area contributed by atoms with Gasteiger partial charge in [0.25, 0.3) is 0 Å². The Balaban J connectivity index is 1.22. The van der Waals surface area contributed by atoms with Crippen molar-refractivity contribution in [3.05, 3.63) is 65.4 Å². The normalized spacial score (nSPS) is 15.7. The average molecular weight is 392 g/mol. The van der Waals surface area contributed by atoms with E-state index in [9.17, 15) is 9.90 Å². The van der Waals surface area contributed by atoms with Crippen molar-refractivity contribution in [2.45, 2.75) is 38.0 Å². The summed E-state index contributed by atoms with van der Waals surface area (Å²) in [5.74, 6) is 0.0255. The molecule has 1 aliphatic rings. The monoisotopic (exact) mass is 392 g/mol. The lowest BCUT2D eigenvalue weighted by Gasteiger charge is -2.32. The summed E-state index contributed by atoms with van der Waals surface area (Å²) in [7, 11) is 0. The van der Waals surface area contributed by atoms with E-state index >= 15 is 0 Å². The zero-order chi connectivity index (χ0) is 20.2. The van der Waals surface area contributed by atoms with Crippen molar-refractivity contribution in [2.24, 2.45) is 0 Å². The van der Waals surface area contributed by atoms with Crippen LogP contribution in [0.25, 0.3) is 10.9 Å². The standard InChI is InChI=1S/C24H28N2O3/c27-21-6-3-5-18(14-21)17-9-12-26(13-10-17)11-2-1-4-20-16-25-23-15-19(24(28)29)7-8-22(20)23/h3,5-8,14-17,25,27H,1-2,4,9-13H2,(H,28,29). The van der Waals surface area contributed by atoms with Crippen molar-refractivity contribution >= 4 is 16.9 Å². The van der Waals surface area contributed by atoms with Gasteiger partial charge >= 0.3 is 5.97 Å². The van der Waals surface area contributed by atoms with Gasteiger partial charge in [-0.15, -0.1) is 0 Å². The molecule has 0 aliphatic carbocycles. The van der Waals surface area contributed by atoms with E-state index in [0.29, 0.717) is 17.2 Å². The second-order valence-electron chi connectivity index (χ2n) is 8.05. The lowest BCUT2D eigenvalue weighted by molar-refractivity contribution is 0.0697. The molecule has 152 valence electrons. The fourth-order valence-corrected chi connectivity index (χ4v) is 4.45. The maximum Gasteiger partial charge on any atom is 0.335 e. The SMILES string of the molecule is O=C(O)c1ccc2c(CCCCN3CCC(c4cccc(O)c4)CC3)c[nH]c2c1. The minimum Gasteiger partial charge on any atom is -0.508 e. The molecule has 4 rings (SSSR count). The van der Waals surface area contributed by atoms with Crippen LogP contribution in [0.1, 0.15) is 53.1 Å². The highest BCUT2D eigenvalue weighted by molar-refractivity contribution is 5.94. The molecule has 0 unspecified atom stereocenters. The second kappa shape index (κ2) is 8.70. The molecular weight excluding hydrogens is 364 g/mol. The number of carboxylic acid groups (broad SMARTS) is 1. The summed E-state index contributed by atoms with van der Waals surface area (Å²) in [6, 6.07) is 13.0. The number of carbonyl (C=O) groups is 1. The molecule has 0 saturated carbocycles. The lowest BCUT2D eigenvalue weighted by Crippen LogP contribution is -2.33. The van der Waals surface area contributed by atoms with Crippen LogP contribution in [0.3, 0.4) is 0 Å². The van der Waals surface area contributed by atoms with Gasteiger partial charge in [-0.3, -0.25) is 0 Å². The number of unbranched alkanes of at least 4 members (excludes halogenated alkanes) is 1. The number of aromatic carboxylic acids is 1. The Kier molecular flexibility index (Phi) is 5.86. The molecule has 5 heteroatoms.